The Morgan fingerprint density at radius 3 is 2.77 bits per heavy atom. The summed E-state index contributed by atoms with van der Waals surface area (Å²) in [6, 6.07) is 6.14. The third kappa shape index (κ3) is 6.82. The maximum atomic E-state index is 13.0. The van der Waals surface area contributed by atoms with E-state index in [1.165, 1.54) is 25.2 Å². The summed E-state index contributed by atoms with van der Waals surface area (Å²) < 4.78 is 33.0. The van der Waals surface area contributed by atoms with Crippen molar-refractivity contribution in [3.63, 3.8) is 0 Å². The quantitative estimate of drug-likeness (QED) is 0.291. The molecule has 0 atom stereocenters. The lowest BCUT2D eigenvalue weighted by Gasteiger charge is -2.17. The van der Waals surface area contributed by atoms with Crippen molar-refractivity contribution in [2.45, 2.75) is 65.3 Å². The lowest BCUT2D eigenvalue weighted by molar-refractivity contribution is 0.0668. The van der Waals surface area contributed by atoms with Crippen LogP contribution in [0.5, 0.6) is 5.75 Å². The Kier molecular flexibility index (Phi) is 9.80. The van der Waals surface area contributed by atoms with Crippen molar-refractivity contribution in [1.82, 2.24) is 20.2 Å². The second kappa shape index (κ2) is 12.1. The molecule has 0 bridgehead atoms. The fourth-order valence-corrected chi connectivity index (χ4v) is 3.42. The molecule has 9 heteroatoms. The Balaban J connectivity index is 0.00000320. The maximum absolute atomic E-state index is 13.0. The number of halogens is 3. The molecule has 1 aliphatic carbocycles. The van der Waals surface area contributed by atoms with Crippen LogP contribution < -0.4 is 15.4 Å². The van der Waals surface area contributed by atoms with Gasteiger partial charge in [-0.05, 0) is 51.2 Å². The second-order valence-corrected chi connectivity index (χ2v) is 7.21. The first-order valence-corrected chi connectivity index (χ1v) is 10.1. The minimum absolute atomic E-state index is 0. The number of imidazole rings is 1. The van der Waals surface area contributed by atoms with E-state index in [0.29, 0.717) is 19.0 Å². The number of guanidine groups is 1. The predicted octanol–water partition coefficient (Wildman–Crippen LogP) is 4.78. The van der Waals surface area contributed by atoms with Crippen LogP contribution >= 0.6 is 24.0 Å². The molecule has 0 amide bonds. The lowest BCUT2D eigenvalue weighted by Crippen LogP contribution is -2.37. The summed E-state index contributed by atoms with van der Waals surface area (Å²) in [7, 11) is 0. The minimum atomic E-state index is -2.61. The minimum Gasteiger partial charge on any atom is -0.490 e. The molecule has 1 heterocycles. The van der Waals surface area contributed by atoms with Crippen molar-refractivity contribution in [2.24, 2.45) is 4.99 Å². The average Bonchev–Trinajstić information content (AvgIpc) is 3.37. The van der Waals surface area contributed by atoms with Gasteiger partial charge in [0, 0.05) is 24.5 Å². The number of aliphatic imine (C=N–C) groups is 1. The third-order valence-corrected chi connectivity index (χ3v) is 4.94. The van der Waals surface area contributed by atoms with Crippen molar-refractivity contribution in [1.29, 1.82) is 0 Å². The van der Waals surface area contributed by atoms with Gasteiger partial charge in [0.2, 0.25) is 0 Å². The van der Waals surface area contributed by atoms with Crippen LogP contribution in [-0.2, 0) is 13.1 Å². The highest BCUT2D eigenvalue weighted by atomic mass is 127. The van der Waals surface area contributed by atoms with Gasteiger partial charge in [0.05, 0.1) is 19.2 Å². The zero-order valence-corrected chi connectivity index (χ0v) is 19.7. The van der Waals surface area contributed by atoms with E-state index in [1.807, 2.05) is 26.0 Å². The number of hydrogen-bond acceptors (Lipinski definition) is 3. The Morgan fingerprint density at radius 2 is 2.07 bits per heavy atom. The molecule has 1 saturated carbocycles. The van der Waals surface area contributed by atoms with Gasteiger partial charge in [0.25, 0.3) is 0 Å². The molecule has 0 radical (unpaired) electrons. The fraction of sp³-hybridized carbons (Fsp3) is 0.524. The van der Waals surface area contributed by atoms with Crippen molar-refractivity contribution in [3.05, 3.63) is 47.5 Å². The van der Waals surface area contributed by atoms with E-state index in [2.05, 4.69) is 26.7 Å². The number of aromatic nitrogens is 2. The normalized spacial score (nSPS) is 14.6. The molecule has 0 saturated heterocycles. The zero-order valence-electron chi connectivity index (χ0n) is 17.4. The van der Waals surface area contributed by atoms with Gasteiger partial charge in [-0.1, -0.05) is 12.1 Å². The van der Waals surface area contributed by atoms with E-state index < -0.39 is 6.55 Å². The number of hydrogen-bond donors (Lipinski definition) is 2. The molecule has 0 unspecified atom stereocenters. The van der Waals surface area contributed by atoms with Crippen molar-refractivity contribution >= 4 is 29.9 Å². The van der Waals surface area contributed by atoms with Crippen LogP contribution in [0.3, 0.4) is 0 Å². The van der Waals surface area contributed by atoms with E-state index >= 15 is 0 Å². The monoisotopic (exact) mass is 533 g/mol. The lowest BCUT2D eigenvalue weighted by atomic mass is 10.1. The summed E-state index contributed by atoms with van der Waals surface area (Å²) in [4.78, 5) is 8.60. The highest BCUT2D eigenvalue weighted by Gasteiger charge is 2.18. The number of ether oxygens (including phenoxy) is 1. The first-order valence-electron chi connectivity index (χ1n) is 10.1. The van der Waals surface area contributed by atoms with Crippen LogP contribution in [0.15, 0.2) is 35.6 Å². The summed E-state index contributed by atoms with van der Waals surface area (Å²) >= 11 is 0. The van der Waals surface area contributed by atoms with Gasteiger partial charge in [-0.2, -0.15) is 8.78 Å². The number of nitrogens with one attached hydrogen (secondary N) is 2. The van der Waals surface area contributed by atoms with Crippen LogP contribution in [0.2, 0.25) is 0 Å². The van der Waals surface area contributed by atoms with Gasteiger partial charge in [-0.15, -0.1) is 24.0 Å². The number of rotatable bonds is 8. The Morgan fingerprint density at radius 1 is 1.30 bits per heavy atom. The molecule has 1 aromatic heterocycles. The van der Waals surface area contributed by atoms with Gasteiger partial charge in [0.1, 0.15) is 11.6 Å². The van der Waals surface area contributed by atoms with Crippen molar-refractivity contribution in [3.8, 4) is 5.75 Å². The molecule has 1 aromatic carbocycles. The number of nitrogens with zero attached hydrogens (tertiary/aromatic N) is 3. The van der Waals surface area contributed by atoms with E-state index in [9.17, 15) is 8.78 Å². The topological polar surface area (TPSA) is 63.5 Å². The summed E-state index contributed by atoms with van der Waals surface area (Å²) in [6.45, 7) is 2.64. The molecule has 3 rings (SSSR count). The molecule has 1 aliphatic rings. The van der Waals surface area contributed by atoms with Crippen LogP contribution in [-0.4, -0.2) is 28.2 Å². The van der Waals surface area contributed by atoms with E-state index in [4.69, 9.17) is 4.74 Å². The molecule has 2 N–H and O–H groups in total. The van der Waals surface area contributed by atoms with Gasteiger partial charge in [-0.25, -0.2) is 9.98 Å². The Bertz CT molecular complexity index is 821. The summed E-state index contributed by atoms with van der Waals surface area (Å²) in [5, 5.41) is 6.22. The highest BCUT2D eigenvalue weighted by molar-refractivity contribution is 14.0. The molecule has 0 spiro atoms. The first kappa shape index (κ1) is 24.4. The third-order valence-electron chi connectivity index (χ3n) is 4.94. The largest absolute Gasteiger partial charge is 0.490 e. The molecule has 2 aromatic rings. The maximum Gasteiger partial charge on any atom is 0.319 e. The van der Waals surface area contributed by atoms with Gasteiger partial charge < -0.3 is 15.4 Å². The van der Waals surface area contributed by atoms with Gasteiger partial charge in [0.15, 0.2) is 5.96 Å². The zero-order chi connectivity index (χ0) is 20.6. The van der Waals surface area contributed by atoms with Crippen LogP contribution in [0.25, 0.3) is 0 Å². The number of benzene rings is 1. The van der Waals surface area contributed by atoms with Crippen LogP contribution in [0.1, 0.15) is 56.1 Å². The molecule has 0 aliphatic heterocycles. The SMILES string of the molecule is CCNC(=NCc1ccc(C)cc1OC1CCCC1)NCc1nccn1C(F)F.I. The number of aryl methyl sites for hydroxylation is 1. The Labute approximate surface area is 193 Å². The predicted molar refractivity (Wildman–Crippen MR) is 125 cm³/mol. The molecule has 1 fully saturated rings. The summed E-state index contributed by atoms with van der Waals surface area (Å²) in [5.41, 5.74) is 2.16. The molecule has 6 nitrogen and oxygen atoms in total. The Hall–Kier alpha value is -1.91. The fourth-order valence-electron chi connectivity index (χ4n) is 3.42. The van der Waals surface area contributed by atoms with Crippen LogP contribution in [0.4, 0.5) is 8.78 Å². The summed E-state index contributed by atoms with van der Waals surface area (Å²) in [6.07, 6.45) is 7.53. The molecular formula is C21H30F2IN5O. The highest BCUT2D eigenvalue weighted by Crippen LogP contribution is 2.28. The second-order valence-electron chi connectivity index (χ2n) is 7.21. The van der Waals surface area contributed by atoms with Crippen LogP contribution in [0, 0.1) is 6.92 Å². The van der Waals surface area contributed by atoms with E-state index in [0.717, 1.165) is 34.3 Å². The van der Waals surface area contributed by atoms with E-state index in [-0.39, 0.29) is 42.4 Å². The molecule has 30 heavy (non-hydrogen) atoms. The molecular weight excluding hydrogens is 503 g/mol. The smallest absolute Gasteiger partial charge is 0.319 e. The summed E-state index contributed by atoms with van der Waals surface area (Å²) in [5.74, 6) is 1.68. The average molecular weight is 533 g/mol. The van der Waals surface area contributed by atoms with Crippen molar-refractivity contribution < 1.29 is 13.5 Å². The first-order chi connectivity index (χ1) is 14.1. The van der Waals surface area contributed by atoms with Gasteiger partial charge >= 0.3 is 6.55 Å². The van der Waals surface area contributed by atoms with Gasteiger partial charge in [-0.3, -0.25) is 4.57 Å². The molecule has 166 valence electrons. The standard InChI is InChI=1S/C21H29F2N5O.HI/c1-3-24-21(27-14-19-25-10-11-28(19)20(22)23)26-13-16-9-8-15(2)12-18(16)29-17-6-4-5-7-17;/h8-12,17,20H,3-7,13-14H2,1-2H3,(H2,24,26,27);1H. The van der Waals surface area contributed by atoms with Crippen molar-refractivity contribution in [2.75, 3.05) is 6.54 Å². The van der Waals surface area contributed by atoms with E-state index in [1.54, 1.807) is 0 Å². The number of alkyl halides is 2.